The minimum atomic E-state index is -7.22. The monoisotopic (exact) mass is 931 g/mol. The first-order chi connectivity index (χ1) is 29.5. The largest absolute Gasteiger partial charge is 0.212 e. The predicted octanol–water partition coefficient (Wildman–Crippen LogP) is 9.31. The number of hydrogen-bond donors (Lipinski definition) is 1. The Bertz CT molecular complexity index is 2620. The predicted molar refractivity (Wildman–Crippen MR) is 186 cm³/mol. The summed E-state index contributed by atoms with van der Waals surface area (Å²) in [5, 5.41) is 1.22. The lowest BCUT2D eigenvalue weighted by atomic mass is 9.12. The normalized spacial score (nSPS) is 11.6. The molecule has 1 heterocycles. The van der Waals surface area contributed by atoms with Gasteiger partial charge in [-0.25, -0.2) is 87.8 Å². The van der Waals surface area contributed by atoms with Crippen molar-refractivity contribution in [2.75, 3.05) is 0 Å². The van der Waals surface area contributed by atoms with E-state index >= 15 is 35.1 Å². The maximum absolute atomic E-state index is 15.4. The van der Waals surface area contributed by atoms with Crippen LogP contribution in [0.2, 0.25) is 0 Å². The van der Waals surface area contributed by atoms with Gasteiger partial charge in [-0.3, -0.25) is 0 Å². The Balaban J connectivity index is 0.000000302. The fourth-order valence-electron chi connectivity index (χ4n) is 7.06. The Kier molecular flexibility index (Phi) is 12.6. The molecule has 0 fully saturated rings. The zero-order chi connectivity index (χ0) is 46.7. The zero-order valence-electron chi connectivity index (χ0n) is 30.1. The van der Waals surface area contributed by atoms with Crippen LogP contribution in [0.1, 0.15) is 5.56 Å². The first-order valence-electron chi connectivity index (χ1n) is 16.9. The van der Waals surface area contributed by atoms with Crippen LogP contribution in [0, 0.1) is 116 Å². The molecule has 0 atom stereocenters. The SMILES string of the molecule is Fc1c(F)c(F)c([B-](c2c(F)c(F)c(F)c(F)c2F)(c2c(F)c(F)c(F)c(F)c2F)c2c(F)c(F)c(F)c(F)c2F)c(F)c1F.Sc1ccc2c(ccc[n+]2Cc2ccccc2)c1. The number of halogens is 20. The van der Waals surface area contributed by atoms with E-state index < -0.39 is 144 Å². The number of fused-ring (bicyclic) bond motifs is 1. The highest BCUT2D eigenvalue weighted by Gasteiger charge is 2.52. The Morgan fingerprint density at radius 3 is 0.968 bits per heavy atom. The van der Waals surface area contributed by atoms with Crippen molar-refractivity contribution in [3.05, 3.63) is 189 Å². The molecule has 1 nitrogen and oxygen atoms in total. The van der Waals surface area contributed by atoms with E-state index in [1.807, 2.05) is 12.1 Å². The first kappa shape index (κ1) is 46.3. The summed E-state index contributed by atoms with van der Waals surface area (Å²) in [4.78, 5) is 1.000. The summed E-state index contributed by atoms with van der Waals surface area (Å²) in [5.41, 5.74) is -11.8. The van der Waals surface area contributed by atoms with Crippen molar-refractivity contribution in [3.63, 3.8) is 0 Å². The molecule has 23 heteroatoms. The molecule has 1 aromatic heterocycles. The zero-order valence-corrected chi connectivity index (χ0v) is 31.0. The van der Waals surface area contributed by atoms with E-state index in [0.29, 0.717) is 0 Å². The summed E-state index contributed by atoms with van der Waals surface area (Å²) in [6, 6.07) is 21.0. The van der Waals surface area contributed by atoms with Gasteiger partial charge in [-0.05, 0) is 18.2 Å². The quantitative estimate of drug-likeness (QED) is 0.0424. The van der Waals surface area contributed by atoms with E-state index in [4.69, 9.17) is 0 Å². The van der Waals surface area contributed by atoms with Gasteiger partial charge in [0, 0.05) is 28.0 Å². The van der Waals surface area contributed by atoms with E-state index in [2.05, 4.69) is 71.9 Å². The average molecular weight is 931 g/mol. The topological polar surface area (TPSA) is 3.88 Å². The van der Waals surface area contributed by atoms with E-state index in [0.717, 1.165) is 11.4 Å². The van der Waals surface area contributed by atoms with Crippen LogP contribution in [-0.4, -0.2) is 6.15 Å². The van der Waals surface area contributed by atoms with Gasteiger partial charge in [-0.2, -0.15) is 4.57 Å². The fourth-order valence-corrected chi connectivity index (χ4v) is 7.27. The molecule has 63 heavy (non-hydrogen) atoms. The van der Waals surface area contributed by atoms with Crippen molar-refractivity contribution < 1.29 is 92.4 Å². The number of rotatable bonds is 6. The molecular weight excluding hydrogens is 917 g/mol. The molecule has 7 aromatic rings. The molecule has 0 aliphatic heterocycles. The lowest BCUT2D eigenvalue weighted by Crippen LogP contribution is -2.81. The minimum Gasteiger partial charge on any atom is -0.207 e. The van der Waals surface area contributed by atoms with Gasteiger partial charge in [0.05, 0.1) is 0 Å². The van der Waals surface area contributed by atoms with Crippen LogP contribution in [0.15, 0.2) is 71.8 Å². The summed E-state index contributed by atoms with van der Waals surface area (Å²) in [7, 11) is 0. The summed E-state index contributed by atoms with van der Waals surface area (Å²) in [6.45, 7) is 0.893. The van der Waals surface area contributed by atoms with Crippen LogP contribution in [0.4, 0.5) is 87.8 Å². The van der Waals surface area contributed by atoms with Crippen LogP contribution in [0.3, 0.4) is 0 Å². The third-order valence-electron chi connectivity index (χ3n) is 9.77. The van der Waals surface area contributed by atoms with Crippen LogP contribution in [-0.2, 0) is 6.54 Å². The number of aromatic nitrogens is 1. The van der Waals surface area contributed by atoms with Crippen molar-refractivity contribution >= 4 is 51.5 Å². The number of pyridine rings is 1. The Labute approximate surface area is 343 Å². The van der Waals surface area contributed by atoms with Crippen LogP contribution < -0.4 is 26.4 Å². The third kappa shape index (κ3) is 7.28. The molecule has 0 aliphatic carbocycles. The van der Waals surface area contributed by atoms with Crippen LogP contribution in [0.25, 0.3) is 10.9 Å². The van der Waals surface area contributed by atoms with E-state index in [1.165, 1.54) is 16.5 Å². The highest BCUT2D eigenvalue weighted by Crippen LogP contribution is 2.31. The molecule has 0 saturated carbocycles. The molecule has 6 aromatic carbocycles. The Morgan fingerprint density at radius 2 is 0.651 bits per heavy atom. The maximum Gasteiger partial charge on any atom is 0.212 e. The molecule has 0 aliphatic rings. The van der Waals surface area contributed by atoms with Crippen molar-refractivity contribution in [2.45, 2.75) is 11.4 Å². The van der Waals surface area contributed by atoms with E-state index in [1.54, 1.807) is 0 Å². The maximum atomic E-state index is 15.4. The standard InChI is InChI=1S/C24BF20.C16H13NS/c26-5-1(6(27)14(35)21(42)13(5)34)25(2-7(28)15(36)22(43)16(37)8(2)29,3-9(30)17(38)23(44)18(39)10(3)31)4-11(32)19(40)24(45)20(41)12(4)33;18-15-8-9-16-14(11-15)7-4-10-17(16)12-13-5-2-1-3-6-13/h;1-11H,12H2/q-1;/p+1. The Morgan fingerprint density at radius 1 is 0.349 bits per heavy atom. The van der Waals surface area contributed by atoms with Gasteiger partial charge in [0.2, 0.25) is 5.52 Å². The third-order valence-corrected chi connectivity index (χ3v) is 10.0. The molecule has 0 saturated heterocycles. The number of hydrogen-bond acceptors (Lipinski definition) is 1. The summed E-state index contributed by atoms with van der Waals surface area (Å²) in [6.07, 6.45) is -5.10. The lowest BCUT2D eigenvalue weighted by Gasteiger charge is -2.44. The van der Waals surface area contributed by atoms with Gasteiger partial charge in [0.15, 0.2) is 82.5 Å². The van der Waals surface area contributed by atoms with E-state index in [9.17, 15) is 52.7 Å². The second-order valence-electron chi connectivity index (χ2n) is 13.2. The number of thiol groups is 1. The first-order valence-corrected chi connectivity index (χ1v) is 17.4. The second-order valence-corrected chi connectivity index (χ2v) is 13.7. The number of nitrogens with zero attached hydrogens (tertiary/aromatic N) is 1. The molecule has 0 spiro atoms. The Hall–Kier alpha value is -6.26. The van der Waals surface area contributed by atoms with E-state index in [-0.39, 0.29) is 0 Å². The number of benzene rings is 6. The highest BCUT2D eigenvalue weighted by molar-refractivity contribution is 7.80. The lowest BCUT2D eigenvalue weighted by molar-refractivity contribution is -0.662. The molecule has 328 valence electrons. The van der Waals surface area contributed by atoms with Crippen molar-refractivity contribution in [1.29, 1.82) is 0 Å². The molecule has 0 unspecified atom stereocenters. The van der Waals surface area contributed by atoms with Gasteiger partial charge < -0.3 is 0 Å². The van der Waals surface area contributed by atoms with Gasteiger partial charge in [0.1, 0.15) is 52.7 Å². The minimum absolute atomic E-state index is 0.893. The van der Waals surface area contributed by atoms with Crippen molar-refractivity contribution in [1.82, 2.24) is 0 Å². The summed E-state index contributed by atoms with van der Waals surface area (Å²) in [5.74, 6) is -71.4. The summed E-state index contributed by atoms with van der Waals surface area (Å²) < 4.78 is 296. The van der Waals surface area contributed by atoms with Gasteiger partial charge in [-0.15, -0.1) is 34.5 Å². The van der Waals surface area contributed by atoms with Crippen LogP contribution >= 0.6 is 12.6 Å². The highest BCUT2D eigenvalue weighted by atomic mass is 32.1. The van der Waals surface area contributed by atoms with Crippen LogP contribution in [0.5, 0.6) is 0 Å². The fraction of sp³-hybridized carbons (Fsp3) is 0.0250. The van der Waals surface area contributed by atoms with Crippen molar-refractivity contribution in [2.24, 2.45) is 0 Å². The smallest absolute Gasteiger partial charge is 0.207 e. The molecule has 0 bridgehead atoms. The van der Waals surface area contributed by atoms with Gasteiger partial charge >= 0.3 is 0 Å². The van der Waals surface area contributed by atoms with Crippen molar-refractivity contribution in [3.8, 4) is 0 Å². The summed E-state index contributed by atoms with van der Waals surface area (Å²) >= 11 is 4.38. The molecule has 0 radical (unpaired) electrons. The molecule has 7 rings (SSSR count). The average Bonchev–Trinajstić information content (AvgIpc) is 3.26. The van der Waals surface area contributed by atoms with Gasteiger partial charge in [0.25, 0.3) is 0 Å². The second kappa shape index (κ2) is 17.1. The molecule has 0 N–H and O–H groups in total. The molecule has 0 amide bonds. The molecular formula is C40H14BF20NS. The van der Waals surface area contributed by atoms with Gasteiger partial charge in [-0.1, -0.05) is 30.3 Å².